The van der Waals surface area contributed by atoms with E-state index >= 15 is 0 Å². The van der Waals surface area contributed by atoms with Crippen LogP contribution in [0.4, 0.5) is 0 Å². The molecule has 0 aromatic heterocycles. The van der Waals surface area contributed by atoms with Crippen LogP contribution in [0.25, 0.3) is 0 Å². The van der Waals surface area contributed by atoms with Crippen LogP contribution in [0.1, 0.15) is 27.8 Å². The number of nitrogens with one attached hydrogen (secondary N) is 1. The Morgan fingerprint density at radius 1 is 1.29 bits per heavy atom. The summed E-state index contributed by atoms with van der Waals surface area (Å²) in [6.07, 6.45) is 0.481. The molecule has 1 N–H and O–H groups in total. The average molecular weight is 195 g/mol. The van der Waals surface area contributed by atoms with Crippen LogP contribution in [0.2, 0.25) is 0 Å². The van der Waals surface area contributed by atoms with E-state index in [2.05, 4.69) is 5.32 Å². The molecule has 14 heavy (non-hydrogen) atoms. The van der Waals surface area contributed by atoms with Gasteiger partial charge in [-0.25, -0.2) is 0 Å². The second-order valence-corrected chi connectivity index (χ2v) is 2.62. The van der Waals surface area contributed by atoms with E-state index in [0.29, 0.717) is 13.0 Å². The molecule has 1 amide bonds. The molecule has 2 heteroatoms. The van der Waals surface area contributed by atoms with Gasteiger partial charge >= 0.3 is 0 Å². The largest absolute Gasteiger partial charge is 0.356 e. The van der Waals surface area contributed by atoms with Crippen molar-refractivity contribution in [3.05, 3.63) is 35.9 Å². The second kappa shape index (κ2) is 8.30. The summed E-state index contributed by atoms with van der Waals surface area (Å²) in [5.74, 6) is 0.0868. The van der Waals surface area contributed by atoms with Crippen molar-refractivity contribution in [1.82, 2.24) is 5.32 Å². The fourth-order valence-electron chi connectivity index (χ4n) is 1.04. The van der Waals surface area contributed by atoms with Crippen molar-refractivity contribution in [1.29, 1.82) is 0 Å². The highest BCUT2D eigenvalue weighted by molar-refractivity contribution is 5.78. The molecule has 0 radical (unpaired) electrons. The predicted octanol–water partition coefficient (Wildman–Crippen LogP) is 2.64. The third-order valence-electron chi connectivity index (χ3n) is 1.58. The molecular weight excluding hydrogens is 174 g/mol. The van der Waals surface area contributed by atoms with Crippen molar-refractivity contribution < 1.29 is 6.22 Å². The first-order chi connectivity index (χ1) is 6.83. The Morgan fingerprint density at radius 3 is 2.36 bits per heavy atom. The first-order valence-corrected chi connectivity index (χ1v) is 5.13. The van der Waals surface area contributed by atoms with Gasteiger partial charge in [-0.15, -0.1) is 0 Å². The smallest absolute Gasteiger partial charge is 0.224 e. The number of hydrogen-bond donors (Lipinski definition) is 1. The van der Waals surface area contributed by atoms with Gasteiger partial charge in [0.15, 0.2) is 0 Å². The third kappa shape index (κ3) is 5.36. The minimum absolute atomic E-state index is 0. The van der Waals surface area contributed by atoms with E-state index < -0.39 is 0 Å². The first kappa shape index (κ1) is 12.7. The number of likely N-dealkylation sites (N-methyl/N-ethyl adjacent to an activating group) is 1. The number of hydrogen-bond acceptors (Lipinski definition) is 1. The van der Waals surface area contributed by atoms with E-state index in [1.54, 1.807) is 0 Å². The Bertz CT molecular complexity index is 249. The zero-order valence-electron chi connectivity index (χ0n) is 9.21. The number of amides is 1. The summed E-state index contributed by atoms with van der Waals surface area (Å²) < 4.78 is 0. The summed E-state index contributed by atoms with van der Waals surface area (Å²) in [6.45, 7) is 6.62. The second-order valence-electron chi connectivity index (χ2n) is 2.62. The van der Waals surface area contributed by atoms with Crippen LogP contribution in [-0.4, -0.2) is 12.5 Å². The van der Waals surface area contributed by atoms with Gasteiger partial charge in [0.05, 0.1) is 6.42 Å². The normalized spacial score (nSPS) is 8.50. The minimum Gasteiger partial charge on any atom is -0.356 e. The molecule has 0 aliphatic rings. The Kier molecular flexibility index (Phi) is 7.52. The Balaban J connectivity index is 0. The lowest BCUT2D eigenvalue weighted by Crippen LogP contribution is -2.24. The van der Waals surface area contributed by atoms with E-state index in [-0.39, 0.29) is 7.33 Å². The molecular formula is C12H21NO. The summed E-state index contributed by atoms with van der Waals surface area (Å²) >= 11 is 0. The summed E-state index contributed by atoms with van der Waals surface area (Å²) in [4.78, 5) is 11.1. The number of carbonyl (C=O) groups excluding carboxylic acids is 1. The molecule has 0 aliphatic carbocycles. The molecule has 2 nitrogen and oxygen atoms in total. The quantitative estimate of drug-likeness (QED) is 0.789. The third-order valence-corrected chi connectivity index (χ3v) is 1.58. The summed E-state index contributed by atoms with van der Waals surface area (Å²) in [5.41, 5.74) is 1.06. The van der Waals surface area contributed by atoms with Gasteiger partial charge in [0.1, 0.15) is 0 Å². The molecule has 0 unspecified atom stereocenters. The molecule has 0 spiro atoms. The zero-order chi connectivity index (χ0) is 10.8. The van der Waals surface area contributed by atoms with E-state index in [9.17, 15) is 4.79 Å². The highest BCUT2D eigenvalue weighted by atomic mass is 16.1. The van der Waals surface area contributed by atoms with Crippen LogP contribution in [0.3, 0.4) is 0 Å². The van der Waals surface area contributed by atoms with Crippen molar-refractivity contribution in [2.24, 2.45) is 0 Å². The Morgan fingerprint density at radius 2 is 1.86 bits per heavy atom. The lowest BCUT2D eigenvalue weighted by molar-refractivity contribution is -0.120. The standard InChI is InChI=1S/C10H13NO.C2H6.H2/c1-2-11-10(12)8-9-6-4-3-5-7-9;1-2;/h3-7H,2,8H2,1H3,(H,11,12);1-2H3;1H. The van der Waals surface area contributed by atoms with Crippen molar-refractivity contribution in [3.63, 3.8) is 0 Å². The molecule has 0 atom stereocenters. The van der Waals surface area contributed by atoms with Gasteiger partial charge in [-0.1, -0.05) is 44.2 Å². The number of carbonyl (C=O) groups is 1. The average Bonchev–Trinajstić information content (AvgIpc) is 2.22. The van der Waals surface area contributed by atoms with Gasteiger partial charge in [-0.2, -0.15) is 0 Å². The lowest BCUT2D eigenvalue weighted by Gasteiger charge is -2.00. The van der Waals surface area contributed by atoms with Crippen LogP contribution >= 0.6 is 0 Å². The van der Waals surface area contributed by atoms with Crippen molar-refractivity contribution in [3.8, 4) is 0 Å². The first-order valence-electron chi connectivity index (χ1n) is 5.13. The minimum atomic E-state index is 0. The Hall–Kier alpha value is -1.31. The van der Waals surface area contributed by atoms with E-state index in [0.717, 1.165) is 5.56 Å². The lowest BCUT2D eigenvalue weighted by atomic mass is 10.1. The van der Waals surface area contributed by atoms with Gasteiger partial charge < -0.3 is 5.32 Å². The molecule has 0 fully saturated rings. The maximum atomic E-state index is 11.1. The molecule has 0 saturated heterocycles. The molecule has 1 rings (SSSR count). The fraction of sp³-hybridized carbons (Fsp3) is 0.417. The summed E-state index contributed by atoms with van der Waals surface area (Å²) in [5, 5.41) is 2.76. The van der Waals surface area contributed by atoms with Crippen LogP contribution in [0.15, 0.2) is 30.3 Å². The number of rotatable bonds is 3. The van der Waals surface area contributed by atoms with Crippen LogP contribution < -0.4 is 5.32 Å². The van der Waals surface area contributed by atoms with Crippen LogP contribution in [-0.2, 0) is 11.2 Å². The van der Waals surface area contributed by atoms with E-state index in [1.807, 2.05) is 51.1 Å². The molecule has 0 heterocycles. The van der Waals surface area contributed by atoms with Gasteiger partial charge in [0.2, 0.25) is 5.91 Å². The van der Waals surface area contributed by atoms with Crippen molar-refractivity contribution in [2.45, 2.75) is 27.2 Å². The summed E-state index contributed by atoms with van der Waals surface area (Å²) in [6, 6.07) is 9.73. The van der Waals surface area contributed by atoms with Crippen LogP contribution in [0.5, 0.6) is 0 Å². The van der Waals surface area contributed by atoms with E-state index in [4.69, 9.17) is 0 Å². The Labute approximate surface area is 87.8 Å². The SMILES string of the molecule is CC.CCNC(=O)Cc1ccccc1.[HH]. The molecule has 0 saturated carbocycles. The van der Waals surface area contributed by atoms with Gasteiger partial charge in [-0.05, 0) is 12.5 Å². The van der Waals surface area contributed by atoms with Gasteiger partial charge in [-0.3, -0.25) is 4.79 Å². The number of benzene rings is 1. The van der Waals surface area contributed by atoms with Crippen molar-refractivity contribution in [2.75, 3.05) is 6.54 Å². The zero-order valence-corrected chi connectivity index (χ0v) is 9.21. The van der Waals surface area contributed by atoms with Crippen molar-refractivity contribution >= 4 is 5.91 Å². The highest BCUT2D eigenvalue weighted by Gasteiger charge is 1.99. The van der Waals surface area contributed by atoms with Gasteiger partial charge in [0.25, 0.3) is 0 Å². The summed E-state index contributed by atoms with van der Waals surface area (Å²) in [7, 11) is 0. The molecule has 80 valence electrons. The molecule has 1 aromatic rings. The maximum Gasteiger partial charge on any atom is 0.224 e. The molecule has 0 bridgehead atoms. The molecule has 0 aliphatic heterocycles. The fourth-order valence-corrected chi connectivity index (χ4v) is 1.04. The maximum absolute atomic E-state index is 11.1. The monoisotopic (exact) mass is 195 g/mol. The predicted molar refractivity (Wildman–Crippen MR) is 62.3 cm³/mol. The highest BCUT2D eigenvalue weighted by Crippen LogP contribution is 1.98. The van der Waals surface area contributed by atoms with Crippen LogP contribution in [0, 0.1) is 0 Å². The van der Waals surface area contributed by atoms with Gasteiger partial charge in [0, 0.05) is 7.97 Å². The topological polar surface area (TPSA) is 29.1 Å². The molecule has 1 aromatic carbocycles. The van der Waals surface area contributed by atoms with E-state index in [1.165, 1.54) is 0 Å².